The van der Waals surface area contributed by atoms with Crippen molar-refractivity contribution in [1.82, 2.24) is 30.0 Å². The van der Waals surface area contributed by atoms with Crippen LogP contribution < -0.4 is 0 Å². The van der Waals surface area contributed by atoms with Crippen LogP contribution in [0.1, 0.15) is 27.8 Å². The Hall–Kier alpha value is -4.22. The van der Waals surface area contributed by atoms with E-state index in [4.69, 9.17) is 10.4 Å². The molecular formula is C27H23N7S. The first-order chi connectivity index (χ1) is 17.1. The second-order valence-electron chi connectivity index (χ2n) is 8.26. The molecule has 0 amide bonds. The quantitative estimate of drug-likeness (QED) is 0.294. The Morgan fingerprint density at radius 1 is 0.886 bits per heavy atom. The number of benzene rings is 3. The molecule has 5 aromatic rings. The molecular weight excluding hydrogens is 454 g/mol. The fourth-order valence-corrected chi connectivity index (χ4v) is 5.07. The molecule has 0 radical (unpaired) electrons. The summed E-state index contributed by atoms with van der Waals surface area (Å²) in [6, 6.07) is 26.3. The fraction of sp³-hybridized carbons (Fsp3) is 0.148. The van der Waals surface area contributed by atoms with Crippen LogP contribution in [-0.2, 0) is 12.3 Å². The second-order valence-corrected chi connectivity index (χ2v) is 9.22. The number of hydrogen-bond donors (Lipinski definition) is 0. The topological polar surface area (TPSA) is 85.2 Å². The van der Waals surface area contributed by atoms with E-state index in [1.165, 1.54) is 5.56 Å². The monoisotopic (exact) mass is 477 g/mol. The van der Waals surface area contributed by atoms with Gasteiger partial charge < -0.3 is 0 Å². The largest absolute Gasteiger partial charge is 0.226 e. The Bertz CT molecular complexity index is 1470. The van der Waals surface area contributed by atoms with Gasteiger partial charge in [-0.1, -0.05) is 60.7 Å². The van der Waals surface area contributed by atoms with E-state index >= 15 is 0 Å². The maximum absolute atomic E-state index is 9.08. The molecule has 5 rings (SSSR count). The van der Waals surface area contributed by atoms with E-state index < -0.39 is 0 Å². The average molecular weight is 478 g/mol. The minimum absolute atomic E-state index is 0.491. The summed E-state index contributed by atoms with van der Waals surface area (Å²) in [4.78, 5) is 0. The summed E-state index contributed by atoms with van der Waals surface area (Å²) in [5, 5.41) is 27.5. The SMILES string of the molecule is Cc1cccc(C)c1-n1ncc(-c2nnnn2Cc2ccc(C#N)cc2)c1SCc1ccccc1. The molecule has 0 bridgehead atoms. The molecule has 2 aromatic heterocycles. The Labute approximate surface area is 208 Å². The number of tetrazole rings is 1. The van der Waals surface area contributed by atoms with Gasteiger partial charge in [0.1, 0.15) is 5.03 Å². The highest BCUT2D eigenvalue weighted by Crippen LogP contribution is 2.35. The van der Waals surface area contributed by atoms with Crippen LogP contribution in [0.5, 0.6) is 0 Å². The zero-order valence-electron chi connectivity index (χ0n) is 19.5. The molecule has 0 aliphatic heterocycles. The van der Waals surface area contributed by atoms with E-state index in [9.17, 15) is 0 Å². The molecule has 35 heavy (non-hydrogen) atoms. The molecule has 0 unspecified atom stereocenters. The number of nitriles is 1. The van der Waals surface area contributed by atoms with Crippen molar-refractivity contribution >= 4 is 11.8 Å². The van der Waals surface area contributed by atoms with Crippen molar-refractivity contribution < 1.29 is 0 Å². The van der Waals surface area contributed by atoms with E-state index in [0.29, 0.717) is 17.9 Å². The number of aryl methyl sites for hydroxylation is 2. The first-order valence-electron chi connectivity index (χ1n) is 11.2. The number of para-hydroxylation sites is 1. The van der Waals surface area contributed by atoms with Gasteiger partial charge >= 0.3 is 0 Å². The van der Waals surface area contributed by atoms with Gasteiger partial charge in [-0.05, 0) is 58.7 Å². The Balaban J connectivity index is 1.56. The molecule has 0 saturated heterocycles. The van der Waals surface area contributed by atoms with Crippen LogP contribution in [0.3, 0.4) is 0 Å². The molecule has 2 heterocycles. The lowest BCUT2D eigenvalue weighted by Crippen LogP contribution is -2.06. The number of thioether (sulfide) groups is 1. The van der Waals surface area contributed by atoms with Crippen LogP contribution in [-0.4, -0.2) is 30.0 Å². The maximum Gasteiger partial charge on any atom is 0.186 e. The van der Waals surface area contributed by atoms with Gasteiger partial charge in [0.2, 0.25) is 0 Å². The lowest BCUT2D eigenvalue weighted by Gasteiger charge is -2.14. The zero-order valence-corrected chi connectivity index (χ0v) is 20.3. The van der Waals surface area contributed by atoms with Crippen molar-refractivity contribution in [1.29, 1.82) is 5.26 Å². The van der Waals surface area contributed by atoms with Crippen LogP contribution in [0.15, 0.2) is 84.0 Å². The highest BCUT2D eigenvalue weighted by atomic mass is 32.2. The van der Waals surface area contributed by atoms with Crippen LogP contribution in [0, 0.1) is 25.2 Å². The number of nitrogens with zero attached hydrogens (tertiary/aromatic N) is 7. The van der Waals surface area contributed by atoms with Gasteiger partial charge in [-0.3, -0.25) is 0 Å². The Morgan fingerprint density at radius 3 is 2.34 bits per heavy atom. The third kappa shape index (κ3) is 4.72. The summed E-state index contributed by atoms with van der Waals surface area (Å²) >= 11 is 1.72. The zero-order chi connectivity index (χ0) is 24.2. The van der Waals surface area contributed by atoms with Crippen LogP contribution in [0.4, 0.5) is 0 Å². The minimum atomic E-state index is 0.491. The van der Waals surface area contributed by atoms with Crippen molar-refractivity contribution in [3.63, 3.8) is 0 Å². The number of hydrogen-bond acceptors (Lipinski definition) is 6. The van der Waals surface area contributed by atoms with Gasteiger partial charge in [0.05, 0.1) is 35.6 Å². The van der Waals surface area contributed by atoms with E-state index in [1.54, 1.807) is 28.6 Å². The van der Waals surface area contributed by atoms with E-state index in [-0.39, 0.29) is 0 Å². The number of rotatable bonds is 7. The average Bonchev–Trinajstić information content (AvgIpc) is 3.50. The Morgan fingerprint density at radius 2 is 1.63 bits per heavy atom. The highest BCUT2D eigenvalue weighted by molar-refractivity contribution is 7.98. The molecule has 8 heteroatoms. The summed E-state index contributed by atoms with van der Waals surface area (Å²) in [5.41, 5.74) is 7.12. The predicted octanol–water partition coefficient (Wildman–Crippen LogP) is 5.35. The summed E-state index contributed by atoms with van der Waals surface area (Å²) in [6.45, 7) is 4.69. The molecule has 0 saturated carbocycles. The van der Waals surface area contributed by atoms with Crippen LogP contribution >= 0.6 is 11.8 Å². The van der Waals surface area contributed by atoms with Gasteiger partial charge in [0.25, 0.3) is 0 Å². The summed E-state index contributed by atoms with van der Waals surface area (Å²) < 4.78 is 3.79. The van der Waals surface area contributed by atoms with E-state index in [0.717, 1.165) is 38.7 Å². The molecule has 0 spiro atoms. The summed E-state index contributed by atoms with van der Waals surface area (Å²) in [7, 11) is 0. The van der Waals surface area contributed by atoms with Crippen molar-refractivity contribution in [2.24, 2.45) is 0 Å². The Kier molecular flexibility index (Phi) is 6.42. The standard InChI is InChI=1S/C27H23N7S/c1-19-7-6-8-20(2)25(19)34-27(35-18-23-9-4-3-5-10-23)24(16-29-34)26-30-31-32-33(26)17-22-13-11-21(15-28)12-14-22/h3-14,16H,17-18H2,1-2H3. The van der Waals surface area contributed by atoms with Crippen molar-refractivity contribution in [3.8, 4) is 23.1 Å². The molecule has 0 N–H and O–H groups in total. The fourth-order valence-electron chi connectivity index (χ4n) is 4.02. The summed E-state index contributed by atoms with van der Waals surface area (Å²) in [6.07, 6.45) is 1.85. The third-order valence-electron chi connectivity index (χ3n) is 5.78. The molecule has 0 atom stereocenters. The normalized spacial score (nSPS) is 10.9. The molecule has 0 aliphatic rings. The van der Waals surface area contributed by atoms with Crippen molar-refractivity contribution in [2.75, 3.05) is 0 Å². The molecule has 0 aliphatic carbocycles. The van der Waals surface area contributed by atoms with Gasteiger partial charge in [-0.15, -0.1) is 16.9 Å². The van der Waals surface area contributed by atoms with Gasteiger partial charge in [0, 0.05) is 5.75 Å². The lowest BCUT2D eigenvalue weighted by molar-refractivity contribution is 0.652. The van der Waals surface area contributed by atoms with E-state index in [2.05, 4.69) is 77.9 Å². The van der Waals surface area contributed by atoms with E-state index in [1.807, 2.05) is 29.1 Å². The molecule has 3 aromatic carbocycles. The van der Waals surface area contributed by atoms with Gasteiger partial charge in [-0.2, -0.15) is 10.4 Å². The summed E-state index contributed by atoms with van der Waals surface area (Å²) in [5.74, 6) is 1.45. The predicted molar refractivity (Wildman–Crippen MR) is 136 cm³/mol. The molecule has 0 fully saturated rings. The lowest BCUT2D eigenvalue weighted by atomic mass is 10.1. The highest BCUT2D eigenvalue weighted by Gasteiger charge is 2.21. The van der Waals surface area contributed by atoms with Crippen molar-refractivity contribution in [3.05, 3.63) is 107 Å². The van der Waals surface area contributed by atoms with Crippen LogP contribution in [0.2, 0.25) is 0 Å². The minimum Gasteiger partial charge on any atom is -0.226 e. The smallest absolute Gasteiger partial charge is 0.186 e. The van der Waals surface area contributed by atoms with Crippen LogP contribution in [0.25, 0.3) is 17.1 Å². The first kappa shape index (κ1) is 22.6. The first-order valence-corrected chi connectivity index (χ1v) is 12.2. The molecule has 172 valence electrons. The van der Waals surface area contributed by atoms with Crippen molar-refractivity contribution in [2.45, 2.75) is 31.2 Å². The van der Waals surface area contributed by atoms with Gasteiger partial charge in [0.15, 0.2) is 5.82 Å². The van der Waals surface area contributed by atoms with Gasteiger partial charge in [-0.25, -0.2) is 9.36 Å². The third-order valence-corrected chi connectivity index (χ3v) is 6.93. The maximum atomic E-state index is 9.08. The number of aromatic nitrogens is 6. The second kappa shape index (κ2) is 9.95. The molecule has 7 nitrogen and oxygen atoms in total.